The molecule has 82 valence electrons. The number of rotatable bonds is 3. The molecule has 1 aliphatic heterocycles. The van der Waals surface area contributed by atoms with Crippen molar-refractivity contribution in [2.24, 2.45) is 0 Å². The van der Waals surface area contributed by atoms with Crippen LogP contribution < -0.4 is 5.32 Å². The van der Waals surface area contributed by atoms with E-state index in [4.69, 9.17) is 16.3 Å². The smallest absolute Gasteiger partial charge is 0.126 e. The summed E-state index contributed by atoms with van der Waals surface area (Å²) >= 11 is 5.76. The summed E-state index contributed by atoms with van der Waals surface area (Å²) in [6.45, 7) is 3.00. The highest BCUT2D eigenvalue weighted by Gasteiger charge is 2.22. The van der Waals surface area contributed by atoms with E-state index in [-0.39, 0.29) is 0 Å². The van der Waals surface area contributed by atoms with E-state index in [9.17, 15) is 0 Å². The molecule has 1 aromatic heterocycles. The van der Waals surface area contributed by atoms with Crippen molar-refractivity contribution in [2.45, 2.75) is 31.9 Å². The number of halogens is 1. The van der Waals surface area contributed by atoms with Crippen LogP contribution in [0, 0.1) is 0 Å². The molecule has 2 heterocycles. The monoisotopic (exact) mass is 226 g/mol. The predicted octanol–water partition coefficient (Wildman–Crippen LogP) is 2.71. The molecule has 4 heteroatoms. The fourth-order valence-corrected chi connectivity index (χ4v) is 1.90. The summed E-state index contributed by atoms with van der Waals surface area (Å²) in [6, 6.07) is 4.01. The van der Waals surface area contributed by atoms with E-state index in [1.54, 1.807) is 6.20 Å². The Labute approximate surface area is 94.8 Å². The number of aromatic nitrogens is 1. The zero-order chi connectivity index (χ0) is 10.7. The van der Waals surface area contributed by atoms with Crippen molar-refractivity contribution < 1.29 is 4.74 Å². The molecule has 0 bridgehead atoms. The van der Waals surface area contributed by atoms with Crippen LogP contribution in [0.4, 0.5) is 5.82 Å². The molecule has 2 unspecified atom stereocenters. The van der Waals surface area contributed by atoms with Gasteiger partial charge >= 0.3 is 0 Å². The Morgan fingerprint density at radius 3 is 3.07 bits per heavy atom. The number of nitrogens with one attached hydrogen (secondary N) is 1. The minimum atomic E-state index is 0.293. The summed E-state index contributed by atoms with van der Waals surface area (Å²) in [5.74, 6) is 0.849. The molecule has 2 atom stereocenters. The zero-order valence-electron chi connectivity index (χ0n) is 8.74. The fourth-order valence-electron chi connectivity index (χ4n) is 1.78. The molecule has 2 rings (SSSR count). The van der Waals surface area contributed by atoms with Gasteiger partial charge in [0.2, 0.25) is 0 Å². The molecule has 0 saturated carbocycles. The molecule has 3 nitrogen and oxygen atoms in total. The van der Waals surface area contributed by atoms with E-state index in [2.05, 4.69) is 17.2 Å². The largest absolute Gasteiger partial charge is 0.376 e. The van der Waals surface area contributed by atoms with Gasteiger partial charge in [0, 0.05) is 12.8 Å². The lowest BCUT2D eigenvalue weighted by molar-refractivity contribution is 0.0995. The number of hydrogen-bond acceptors (Lipinski definition) is 3. The zero-order valence-corrected chi connectivity index (χ0v) is 9.50. The van der Waals surface area contributed by atoms with Crippen molar-refractivity contribution in [3.8, 4) is 0 Å². The third kappa shape index (κ3) is 2.83. The van der Waals surface area contributed by atoms with Crippen molar-refractivity contribution in [3.63, 3.8) is 0 Å². The lowest BCUT2D eigenvalue weighted by Crippen LogP contribution is -2.30. The van der Waals surface area contributed by atoms with Gasteiger partial charge in [-0.15, -0.1) is 0 Å². The quantitative estimate of drug-likeness (QED) is 0.861. The van der Waals surface area contributed by atoms with Gasteiger partial charge in [-0.1, -0.05) is 11.6 Å². The lowest BCUT2D eigenvalue weighted by atomic mass is 10.1. The van der Waals surface area contributed by atoms with Crippen LogP contribution in [-0.2, 0) is 4.74 Å². The highest BCUT2D eigenvalue weighted by molar-refractivity contribution is 6.30. The van der Waals surface area contributed by atoms with Crippen molar-refractivity contribution in [3.05, 3.63) is 23.4 Å². The van der Waals surface area contributed by atoms with Crippen LogP contribution in [0.3, 0.4) is 0 Å². The third-order valence-corrected chi connectivity index (χ3v) is 2.85. The van der Waals surface area contributed by atoms with Crippen molar-refractivity contribution in [2.75, 3.05) is 11.9 Å². The number of ether oxygens (including phenoxy) is 1. The average molecular weight is 227 g/mol. The molecule has 0 amide bonds. The Bertz CT molecular complexity index is 309. The molecular weight excluding hydrogens is 212 g/mol. The summed E-state index contributed by atoms with van der Waals surface area (Å²) in [7, 11) is 0. The number of hydrogen-bond donors (Lipinski definition) is 1. The molecule has 0 radical (unpaired) electrons. The predicted molar refractivity (Wildman–Crippen MR) is 61.3 cm³/mol. The van der Waals surface area contributed by atoms with E-state index in [0.717, 1.165) is 25.3 Å². The molecule has 1 saturated heterocycles. The highest BCUT2D eigenvalue weighted by Crippen LogP contribution is 2.18. The first-order chi connectivity index (χ1) is 7.25. The summed E-state index contributed by atoms with van der Waals surface area (Å²) in [4.78, 5) is 4.19. The van der Waals surface area contributed by atoms with Crippen LogP contribution in [0.15, 0.2) is 18.3 Å². The summed E-state index contributed by atoms with van der Waals surface area (Å²) < 4.78 is 5.59. The van der Waals surface area contributed by atoms with Gasteiger partial charge in [0.25, 0.3) is 0 Å². The Kier molecular flexibility index (Phi) is 3.44. The van der Waals surface area contributed by atoms with Gasteiger partial charge in [-0.25, -0.2) is 4.98 Å². The van der Waals surface area contributed by atoms with Crippen LogP contribution >= 0.6 is 11.6 Å². The molecule has 0 spiro atoms. The summed E-state index contributed by atoms with van der Waals surface area (Å²) in [5, 5.41) is 3.97. The maximum Gasteiger partial charge on any atom is 0.126 e. The van der Waals surface area contributed by atoms with E-state index in [1.807, 2.05) is 12.1 Å². The van der Waals surface area contributed by atoms with Gasteiger partial charge in [-0.2, -0.15) is 0 Å². The third-order valence-electron chi connectivity index (χ3n) is 2.63. The molecule has 1 fully saturated rings. The Hall–Kier alpha value is -0.800. The van der Waals surface area contributed by atoms with Crippen LogP contribution in [-0.4, -0.2) is 23.7 Å². The topological polar surface area (TPSA) is 34.2 Å². The van der Waals surface area contributed by atoms with Crippen LogP contribution in [0.25, 0.3) is 0 Å². The van der Waals surface area contributed by atoms with E-state index >= 15 is 0 Å². The van der Waals surface area contributed by atoms with Crippen molar-refractivity contribution >= 4 is 17.4 Å². The van der Waals surface area contributed by atoms with Gasteiger partial charge in [-0.05, 0) is 31.9 Å². The molecular formula is C11H15ClN2O. The maximum atomic E-state index is 5.76. The van der Waals surface area contributed by atoms with Crippen LogP contribution in [0.2, 0.25) is 5.02 Å². The second-order valence-corrected chi connectivity index (χ2v) is 4.28. The maximum absolute atomic E-state index is 5.76. The lowest BCUT2D eigenvalue weighted by Gasteiger charge is -2.20. The SMILES string of the molecule is CC(Nc1ccc(Cl)cn1)C1CCCO1. The van der Waals surface area contributed by atoms with Gasteiger partial charge in [0.15, 0.2) is 0 Å². The van der Waals surface area contributed by atoms with E-state index in [1.165, 1.54) is 0 Å². The Morgan fingerprint density at radius 2 is 2.47 bits per heavy atom. The first kappa shape index (κ1) is 10.7. The molecule has 1 aliphatic rings. The standard InChI is InChI=1S/C11H15ClN2O/c1-8(10-3-2-6-15-10)14-11-5-4-9(12)7-13-11/h4-5,7-8,10H,2-3,6H2,1H3,(H,13,14). The van der Waals surface area contributed by atoms with Gasteiger partial charge in [-0.3, -0.25) is 0 Å². The molecule has 0 aliphatic carbocycles. The molecule has 15 heavy (non-hydrogen) atoms. The summed E-state index contributed by atoms with van der Waals surface area (Å²) in [5.41, 5.74) is 0. The summed E-state index contributed by atoms with van der Waals surface area (Å²) in [6.07, 6.45) is 4.24. The first-order valence-electron chi connectivity index (χ1n) is 5.25. The molecule has 1 N–H and O–H groups in total. The number of pyridine rings is 1. The number of nitrogens with zero attached hydrogens (tertiary/aromatic N) is 1. The van der Waals surface area contributed by atoms with Gasteiger partial charge in [0.05, 0.1) is 17.2 Å². The van der Waals surface area contributed by atoms with Crippen molar-refractivity contribution in [1.82, 2.24) is 4.98 Å². The molecule has 1 aromatic rings. The second-order valence-electron chi connectivity index (χ2n) is 3.85. The first-order valence-corrected chi connectivity index (χ1v) is 5.63. The highest BCUT2D eigenvalue weighted by atomic mass is 35.5. The van der Waals surface area contributed by atoms with Gasteiger partial charge in [0.1, 0.15) is 5.82 Å². The van der Waals surface area contributed by atoms with E-state index in [0.29, 0.717) is 17.2 Å². The normalized spacial score (nSPS) is 22.7. The van der Waals surface area contributed by atoms with E-state index < -0.39 is 0 Å². The van der Waals surface area contributed by atoms with Gasteiger partial charge < -0.3 is 10.1 Å². The van der Waals surface area contributed by atoms with Crippen LogP contribution in [0.1, 0.15) is 19.8 Å². The number of anilines is 1. The van der Waals surface area contributed by atoms with Crippen LogP contribution in [0.5, 0.6) is 0 Å². The minimum Gasteiger partial charge on any atom is -0.376 e. The van der Waals surface area contributed by atoms with Crippen molar-refractivity contribution in [1.29, 1.82) is 0 Å². The average Bonchev–Trinajstić information content (AvgIpc) is 2.74. The Morgan fingerprint density at radius 1 is 1.60 bits per heavy atom. The Balaban J connectivity index is 1.92. The minimum absolute atomic E-state index is 0.293. The second kappa shape index (κ2) is 4.81. The fraction of sp³-hybridized carbons (Fsp3) is 0.545. The molecule has 0 aromatic carbocycles.